The first kappa shape index (κ1) is 17.4. The minimum Gasteiger partial charge on any atom is -0.379 e. The number of unbranched alkanes of at least 4 members (excludes halogenated alkanes) is 1. The van der Waals surface area contributed by atoms with Gasteiger partial charge in [0.1, 0.15) is 0 Å². The SMILES string of the molecule is CCCCOCCOCCOCCC1(CBr)CCC1. The summed E-state index contributed by atoms with van der Waals surface area (Å²) in [4.78, 5) is 0. The average molecular weight is 337 g/mol. The zero-order valence-corrected chi connectivity index (χ0v) is 13.9. The van der Waals surface area contributed by atoms with Crippen LogP contribution in [0, 0.1) is 5.41 Å². The molecule has 4 heteroatoms. The summed E-state index contributed by atoms with van der Waals surface area (Å²) in [5.41, 5.74) is 0.536. The van der Waals surface area contributed by atoms with Crippen molar-refractivity contribution >= 4 is 15.9 Å². The molecule has 0 aromatic carbocycles. The Hall–Kier alpha value is 0.360. The molecule has 0 aromatic heterocycles. The molecule has 1 saturated carbocycles. The van der Waals surface area contributed by atoms with Crippen LogP contribution in [-0.4, -0.2) is 45.0 Å². The maximum absolute atomic E-state index is 5.63. The lowest BCUT2D eigenvalue weighted by Gasteiger charge is -2.40. The van der Waals surface area contributed by atoms with Crippen LogP contribution in [0.5, 0.6) is 0 Å². The molecule has 0 heterocycles. The molecule has 0 unspecified atom stereocenters. The van der Waals surface area contributed by atoms with Crippen molar-refractivity contribution in [3.05, 3.63) is 0 Å². The number of rotatable bonds is 13. The van der Waals surface area contributed by atoms with Crippen molar-refractivity contribution in [3.63, 3.8) is 0 Å². The summed E-state index contributed by atoms with van der Waals surface area (Å²) in [6.07, 6.45) is 7.59. The highest BCUT2D eigenvalue weighted by atomic mass is 79.9. The van der Waals surface area contributed by atoms with E-state index in [0.29, 0.717) is 31.8 Å². The fourth-order valence-electron chi connectivity index (χ4n) is 2.20. The topological polar surface area (TPSA) is 27.7 Å². The van der Waals surface area contributed by atoms with Gasteiger partial charge in [-0.3, -0.25) is 0 Å². The third kappa shape index (κ3) is 7.64. The lowest BCUT2D eigenvalue weighted by molar-refractivity contribution is 0.00344. The molecule has 114 valence electrons. The van der Waals surface area contributed by atoms with E-state index in [1.165, 1.54) is 32.1 Å². The molecule has 1 aliphatic carbocycles. The molecule has 0 saturated heterocycles. The first-order valence-corrected chi connectivity index (χ1v) is 8.74. The van der Waals surface area contributed by atoms with Gasteiger partial charge in [-0.1, -0.05) is 35.7 Å². The predicted molar refractivity (Wildman–Crippen MR) is 82.1 cm³/mol. The summed E-state index contributed by atoms with van der Waals surface area (Å²) >= 11 is 3.62. The predicted octanol–water partition coefficient (Wildman–Crippen LogP) is 3.79. The van der Waals surface area contributed by atoms with E-state index >= 15 is 0 Å². The maximum atomic E-state index is 5.63. The molecule has 0 atom stereocenters. The van der Waals surface area contributed by atoms with Crippen LogP contribution in [0.3, 0.4) is 0 Å². The van der Waals surface area contributed by atoms with Crippen molar-refractivity contribution in [3.8, 4) is 0 Å². The first-order chi connectivity index (χ1) is 9.33. The van der Waals surface area contributed by atoms with Crippen molar-refractivity contribution in [2.75, 3.05) is 45.0 Å². The summed E-state index contributed by atoms with van der Waals surface area (Å²) in [6, 6.07) is 0. The monoisotopic (exact) mass is 336 g/mol. The molecule has 0 amide bonds. The highest BCUT2D eigenvalue weighted by Crippen LogP contribution is 2.45. The molecule has 0 N–H and O–H groups in total. The van der Waals surface area contributed by atoms with Gasteiger partial charge < -0.3 is 14.2 Å². The minimum absolute atomic E-state index is 0.536. The Bertz CT molecular complexity index is 202. The van der Waals surface area contributed by atoms with Gasteiger partial charge in [-0.25, -0.2) is 0 Å². The van der Waals surface area contributed by atoms with Crippen LogP contribution >= 0.6 is 15.9 Å². The molecule has 1 rings (SSSR count). The maximum Gasteiger partial charge on any atom is 0.0701 e. The van der Waals surface area contributed by atoms with Crippen molar-refractivity contribution in [2.24, 2.45) is 5.41 Å². The molecular weight excluding hydrogens is 308 g/mol. The minimum atomic E-state index is 0.536. The first-order valence-electron chi connectivity index (χ1n) is 7.62. The van der Waals surface area contributed by atoms with E-state index in [9.17, 15) is 0 Å². The fraction of sp³-hybridized carbons (Fsp3) is 1.00. The molecule has 1 fully saturated rings. The van der Waals surface area contributed by atoms with E-state index in [4.69, 9.17) is 14.2 Å². The third-order valence-electron chi connectivity index (χ3n) is 3.86. The zero-order valence-electron chi connectivity index (χ0n) is 12.3. The molecule has 3 nitrogen and oxygen atoms in total. The van der Waals surface area contributed by atoms with Gasteiger partial charge in [-0.2, -0.15) is 0 Å². The van der Waals surface area contributed by atoms with Crippen LogP contribution in [0.1, 0.15) is 45.4 Å². The molecule has 1 aliphatic rings. The van der Waals surface area contributed by atoms with Crippen molar-refractivity contribution in [1.82, 2.24) is 0 Å². The summed E-state index contributed by atoms with van der Waals surface area (Å²) in [5.74, 6) is 0. The van der Waals surface area contributed by atoms with Gasteiger partial charge in [-0.15, -0.1) is 0 Å². The second-order valence-electron chi connectivity index (χ2n) is 5.43. The largest absolute Gasteiger partial charge is 0.379 e. The summed E-state index contributed by atoms with van der Waals surface area (Å²) < 4.78 is 16.5. The Balaban J connectivity index is 1.76. The van der Waals surface area contributed by atoms with Crippen LogP contribution in [0.25, 0.3) is 0 Å². The molecule has 0 radical (unpaired) electrons. The van der Waals surface area contributed by atoms with E-state index < -0.39 is 0 Å². The zero-order chi connectivity index (χ0) is 13.8. The van der Waals surface area contributed by atoms with Crippen LogP contribution in [0.15, 0.2) is 0 Å². The molecule has 0 bridgehead atoms. The Kier molecular flexibility index (Phi) is 10.1. The van der Waals surface area contributed by atoms with E-state index in [2.05, 4.69) is 22.9 Å². The van der Waals surface area contributed by atoms with Gasteiger partial charge in [0, 0.05) is 18.5 Å². The smallest absolute Gasteiger partial charge is 0.0701 e. The van der Waals surface area contributed by atoms with Crippen LogP contribution < -0.4 is 0 Å². The van der Waals surface area contributed by atoms with Crippen molar-refractivity contribution < 1.29 is 14.2 Å². The van der Waals surface area contributed by atoms with Gasteiger partial charge in [0.15, 0.2) is 0 Å². The van der Waals surface area contributed by atoms with E-state index in [1.54, 1.807) is 0 Å². The Morgan fingerprint density at radius 1 is 0.895 bits per heavy atom. The van der Waals surface area contributed by atoms with E-state index in [1.807, 2.05) is 0 Å². The van der Waals surface area contributed by atoms with Gasteiger partial charge in [0.2, 0.25) is 0 Å². The van der Waals surface area contributed by atoms with E-state index in [0.717, 1.165) is 25.0 Å². The Labute approximate surface area is 126 Å². The van der Waals surface area contributed by atoms with Gasteiger partial charge >= 0.3 is 0 Å². The fourth-order valence-corrected chi connectivity index (χ4v) is 3.05. The summed E-state index contributed by atoms with van der Waals surface area (Å²) in [7, 11) is 0. The van der Waals surface area contributed by atoms with Crippen LogP contribution in [0.4, 0.5) is 0 Å². The Morgan fingerprint density at radius 3 is 1.95 bits per heavy atom. The number of halogens is 1. The van der Waals surface area contributed by atoms with Gasteiger partial charge in [0.25, 0.3) is 0 Å². The van der Waals surface area contributed by atoms with E-state index in [-0.39, 0.29) is 0 Å². The second-order valence-corrected chi connectivity index (χ2v) is 5.99. The number of ether oxygens (including phenoxy) is 3. The average Bonchev–Trinajstić information content (AvgIpc) is 2.38. The molecule has 0 aromatic rings. The summed E-state index contributed by atoms with van der Waals surface area (Å²) in [5, 5.41) is 1.12. The molecule has 19 heavy (non-hydrogen) atoms. The van der Waals surface area contributed by atoms with Crippen molar-refractivity contribution in [1.29, 1.82) is 0 Å². The quantitative estimate of drug-likeness (QED) is 0.378. The van der Waals surface area contributed by atoms with Crippen LogP contribution in [0.2, 0.25) is 0 Å². The van der Waals surface area contributed by atoms with Crippen molar-refractivity contribution in [2.45, 2.75) is 45.4 Å². The number of hydrogen-bond acceptors (Lipinski definition) is 3. The molecular formula is C15H29BrO3. The standard InChI is InChI=1S/C15H29BrO3/c1-2-3-8-17-10-12-19-13-11-18-9-7-15(14-16)5-4-6-15/h2-14H2,1H3. The normalized spacial score (nSPS) is 17.4. The highest BCUT2D eigenvalue weighted by molar-refractivity contribution is 9.09. The lowest BCUT2D eigenvalue weighted by atomic mass is 9.68. The molecule has 0 aliphatic heterocycles. The number of alkyl halides is 1. The van der Waals surface area contributed by atoms with Crippen LogP contribution in [-0.2, 0) is 14.2 Å². The number of hydrogen-bond donors (Lipinski definition) is 0. The third-order valence-corrected chi connectivity index (χ3v) is 5.05. The highest BCUT2D eigenvalue weighted by Gasteiger charge is 2.35. The van der Waals surface area contributed by atoms with Gasteiger partial charge in [-0.05, 0) is 31.1 Å². The second kappa shape index (κ2) is 11.1. The lowest BCUT2D eigenvalue weighted by Crippen LogP contribution is -2.32. The molecule has 0 spiro atoms. The Morgan fingerprint density at radius 2 is 1.47 bits per heavy atom. The van der Waals surface area contributed by atoms with Gasteiger partial charge in [0.05, 0.1) is 26.4 Å². The summed E-state index contributed by atoms with van der Waals surface area (Å²) in [6.45, 7) is 6.64.